The van der Waals surface area contributed by atoms with Gasteiger partial charge in [-0.25, -0.2) is 0 Å². The molecule has 0 aliphatic rings. The van der Waals surface area contributed by atoms with Crippen molar-refractivity contribution in [2.24, 2.45) is 5.92 Å². The topological polar surface area (TPSA) is 3.24 Å². The van der Waals surface area contributed by atoms with Crippen molar-refractivity contribution in [3.05, 3.63) is 0 Å². The summed E-state index contributed by atoms with van der Waals surface area (Å²) in [6.07, 6.45) is 0. The molecule has 0 rings (SSSR count). The number of thiol groups is 1. The molecule has 0 aromatic rings. The number of rotatable bonds is 5. The second-order valence-electron chi connectivity index (χ2n) is 3.01. The van der Waals surface area contributed by atoms with Crippen molar-refractivity contribution in [2.45, 2.75) is 20.8 Å². The Bertz CT molecular complexity index is 73.7. The predicted octanol–water partition coefficient (Wildman–Crippen LogP) is 1.89. The van der Waals surface area contributed by atoms with E-state index in [1.807, 2.05) is 0 Å². The quantitative estimate of drug-likeness (QED) is 0.603. The second-order valence-corrected chi connectivity index (χ2v) is 3.46. The highest BCUT2D eigenvalue weighted by atomic mass is 32.1. The molecule has 0 aliphatic heterocycles. The lowest BCUT2D eigenvalue weighted by Crippen LogP contribution is -2.29. The normalized spacial score (nSPS) is 11.4. The smallest absolute Gasteiger partial charge is 0.00698 e. The van der Waals surface area contributed by atoms with Crippen LogP contribution in [0.15, 0.2) is 0 Å². The standard InChI is InChI=1S/C8H19NS/c1-4-9(5-6-10)7-8(2)3/h8,10H,4-7H2,1-3H3. The zero-order valence-electron chi connectivity index (χ0n) is 7.30. The predicted molar refractivity (Wildman–Crippen MR) is 50.8 cm³/mol. The molecule has 0 aliphatic carbocycles. The van der Waals surface area contributed by atoms with Crippen molar-refractivity contribution in [3.63, 3.8) is 0 Å². The van der Waals surface area contributed by atoms with Crippen molar-refractivity contribution in [3.8, 4) is 0 Å². The van der Waals surface area contributed by atoms with Crippen LogP contribution in [0.25, 0.3) is 0 Å². The minimum Gasteiger partial charge on any atom is -0.303 e. The van der Waals surface area contributed by atoms with Gasteiger partial charge in [0.15, 0.2) is 0 Å². The minimum atomic E-state index is 0.778. The van der Waals surface area contributed by atoms with E-state index >= 15 is 0 Å². The van der Waals surface area contributed by atoms with E-state index in [2.05, 4.69) is 38.3 Å². The van der Waals surface area contributed by atoms with E-state index in [0.29, 0.717) is 0 Å². The van der Waals surface area contributed by atoms with Crippen LogP contribution in [-0.4, -0.2) is 30.3 Å². The summed E-state index contributed by atoms with van der Waals surface area (Å²) in [4.78, 5) is 2.43. The van der Waals surface area contributed by atoms with Gasteiger partial charge in [0.2, 0.25) is 0 Å². The molecule has 0 heterocycles. The highest BCUT2D eigenvalue weighted by molar-refractivity contribution is 7.80. The highest BCUT2D eigenvalue weighted by Crippen LogP contribution is 1.97. The summed E-state index contributed by atoms with van der Waals surface area (Å²) in [5.41, 5.74) is 0. The van der Waals surface area contributed by atoms with Crippen LogP contribution in [0.3, 0.4) is 0 Å². The van der Waals surface area contributed by atoms with Gasteiger partial charge in [0.1, 0.15) is 0 Å². The lowest BCUT2D eigenvalue weighted by Gasteiger charge is -2.20. The van der Waals surface area contributed by atoms with Gasteiger partial charge in [0.25, 0.3) is 0 Å². The average Bonchev–Trinajstić information content (AvgIpc) is 1.86. The van der Waals surface area contributed by atoms with E-state index in [-0.39, 0.29) is 0 Å². The van der Waals surface area contributed by atoms with Gasteiger partial charge < -0.3 is 4.90 Å². The van der Waals surface area contributed by atoms with E-state index in [4.69, 9.17) is 0 Å². The first kappa shape index (κ1) is 10.3. The van der Waals surface area contributed by atoms with Gasteiger partial charge in [0.05, 0.1) is 0 Å². The lowest BCUT2D eigenvalue weighted by atomic mass is 10.2. The highest BCUT2D eigenvalue weighted by Gasteiger charge is 2.02. The average molecular weight is 161 g/mol. The molecular formula is C8H19NS. The van der Waals surface area contributed by atoms with Gasteiger partial charge >= 0.3 is 0 Å². The first-order valence-electron chi connectivity index (χ1n) is 4.03. The van der Waals surface area contributed by atoms with Crippen LogP contribution in [0.5, 0.6) is 0 Å². The Kier molecular flexibility index (Phi) is 6.24. The molecular weight excluding hydrogens is 142 g/mol. The van der Waals surface area contributed by atoms with Crippen LogP contribution in [0.4, 0.5) is 0 Å². The summed E-state index contributed by atoms with van der Waals surface area (Å²) in [6.45, 7) is 10.2. The Morgan fingerprint density at radius 3 is 2.30 bits per heavy atom. The van der Waals surface area contributed by atoms with Crippen molar-refractivity contribution < 1.29 is 0 Å². The van der Waals surface area contributed by atoms with Crippen LogP contribution >= 0.6 is 12.6 Å². The molecule has 0 spiro atoms. The van der Waals surface area contributed by atoms with Crippen molar-refractivity contribution in [1.82, 2.24) is 4.90 Å². The summed E-state index contributed by atoms with van der Waals surface area (Å²) < 4.78 is 0. The van der Waals surface area contributed by atoms with E-state index in [9.17, 15) is 0 Å². The summed E-state index contributed by atoms with van der Waals surface area (Å²) in [5, 5.41) is 0. The van der Waals surface area contributed by atoms with Gasteiger partial charge in [-0.15, -0.1) is 0 Å². The third-order valence-electron chi connectivity index (χ3n) is 1.49. The summed E-state index contributed by atoms with van der Waals surface area (Å²) in [5.74, 6) is 1.75. The van der Waals surface area contributed by atoms with Gasteiger partial charge in [-0.3, -0.25) is 0 Å². The maximum atomic E-state index is 4.19. The molecule has 0 aromatic heterocycles. The maximum Gasteiger partial charge on any atom is 0.00698 e. The Morgan fingerprint density at radius 1 is 1.40 bits per heavy atom. The lowest BCUT2D eigenvalue weighted by molar-refractivity contribution is 0.272. The molecule has 1 nitrogen and oxygen atoms in total. The largest absolute Gasteiger partial charge is 0.303 e. The first-order chi connectivity index (χ1) is 4.70. The molecule has 0 saturated carbocycles. The van der Waals surface area contributed by atoms with Crippen molar-refractivity contribution in [2.75, 3.05) is 25.4 Å². The number of hydrogen-bond donors (Lipinski definition) is 1. The summed E-state index contributed by atoms with van der Waals surface area (Å²) >= 11 is 4.19. The van der Waals surface area contributed by atoms with E-state index in [1.54, 1.807) is 0 Å². The van der Waals surface area contributed by atoms with Crippen LogP contribution in [0.2, 0.25) is 0 Å². The third kappa shape index (κ3) is 5.12. The molecule has 0 N–H and O–H groups in total. The molecule has 10 heavy (non-hydrogen) atoms. The van der Waals surface area contributed by atoms with Crippen LogP contribution in [0, 0.1) is 5.92 Å². The van der Waals surface area contributed by atoms with E-state index in [1.165, 1.54) is 6.54 Å². The Balaban J connectivity index is 3.39. The Labute approximate surface area is 70.2 Å². The third-order valence-corrected chi connectivity index (χ3v) is 1.69. The van der Waals surface area contributed by atoms with Crippen LogP contribution < -0.4 is 0 Å². The molecule has 0 atom stereocenters. The summed E-state index contributed by atoms with van der Waals surface area (Å²) in [7, 11) is 0. The maximum absolute atomic E-state index is 4.19. The monoisotopic (exact) mass is 161 g/mol. The molecule has 0 radical (unpaired) electrons. The zero-order chi connectivity index (χ0) is 7.98. The van der Waals surface area contributed by atoms with Crippen LogP contribution in [-0.2, 0) is 0 Å². The van der Waals surface area contributed by atoms with Gasteiger partial charge in [0, 0.05) is 18.8 Å². The number of nitrogens with zero attached hydrogens (tertiary/aromatic N) is 1. The minimum absolute atomic E-state index is 0.778. The van der Waals surface area contributed by atoms with Gasteiger partial charge in [-0.1, -0.05) is 20.8 Å². The zero-order valence-corrected chi connectivity index (χ0v) is 8.19. The molecule has 62 valence electrons. The SMILES string of the molecule is CCN(CCS)CC(C)C. The number of hydrogen-bond acceptors (Lipinski definition) is 2. The van der Waals surface area contributed by atoms with E-state index in [0.717, 1.165) is 24.8 Å². The van der Waals surface area contributed by atoms with Crippen molar-refractivity contribution >= 4 is 12.6 Å². The van der Waals surface area contributed by atoms with Gasteiger partial charge in [-0.2, -0.15) is 12.6 Å². The van der Waals surface area contributed by atoms with Gasteiger partial charge in [-0.05, 0) is 12.5 Å². The van der Waals surface area contributed by atoms with Crippen LogP contribution in [0.1, 0.15) is 20.8 Å². The first-order valence-corrected chi connectivity index (χ1v) is 4.67. The molecule has 0 amide bonds. The summed E-state index contributed by atoms with van der Waals surface area (Å²) in [6, 6.07) is 0. The van der Waals surface area contributed by atoms with E-state index < -0.39 is 0 Å². The van der Waals surface area contributed by atoms with Crippen molar-refractivity contribution in [1.29, 1.82) is 0 Å². The fourth-order valence-electron chi connectivity index (χ4n) is 1.04. The molecule has 2 heteroatoms. The molecule has 0 saturated heterocycles. The molecule has 0 unspecified atom stereocenters. The Morgan fingerprint density at radius 2 is 2.00 bits per heavy atom. The Hall–Kier alpha value is 0.310. The second kappa shape index (κ2) is 6.05. The molecule has 0 bridgehead atoms. The fraction of sp³-hybridized carbons (Fsp3) is 1.00. The fourth-order valence-corrected chi connectivity index (χ4v) is 1.32. The molecule has 0 aromatic carbocycles. The molecule has 0 fully saturated rings.